The van der Waals surface area contributed by atoms with Gasteiger partial charge in [0.05, 0.1) is 28.8 Å². The summed E-state index contributed by atoms with van der Waals surface area (Å²) in [5, 5.41) is 19.6. The van der Waals surface area contributed by atoms with Crippen molar-refractivity contribution in [2.45, 2.75) is 64.9 Å². The highest BCUT2D eigenvalue weighted by Gasteiger charge is 2.57. The molecule has 6 atom stereocenters. The molecule has 31 heavy (non-hydrogen) atoms. The van der Waals surface area contributed by atoms with Gasteiger partial charge < -0.3 is 9.67 Å². The monoisotopic (exact) mass is 413 g/mol. The Kier molecular flexibility index (Phi) is 4.09. The van der Waals surface area contributed by atoms with Crippen molar-refractivity contribution in [2.75, 3.05) is 0 Å². The van der Waals surface area contributed by atoms with Crippen molar-refractivity contribution in [1.82, 2.24) is 9.55 Å². The minimum absolute atomic E-state index is 0.141. The molecule has 4 nitrogen and oxygen atoms in total. The van der Waals surface area contributed by atoms with Crippen molar-refractivity contribution in [3.05, 3.63) is 47.8 Å². The molecule has 0 aliphatic heterocycles. The fourth-order valence-corrected chi connectivity index (χ4v) is 7.83. The zero-order valence-corrected chi connectivity index (χ0v) is 18.5. The molecule has 4 aliphatic carbocycles. The number of hydrogen-bond donors (Lipinski definition) is 1. The van der Waals surface area contributed by atoms with Gasteiger partial charge in [0.25, 0.3) is 0 Å². The van der Waals surface area contributed by atoms with Gasteiger partial charge in [-0.2, -0.15) is 5.26 Å². The van der Waals surface area contributed by atoms with Gasteiger partial charge in [-0.25, -0.2) is 4.98 Å². The Labute approximate surface area is 184 Å². The number of benzene rings is 1. The predicted molar refractivity (Wildman–Crippen MR) is 122 cm³/mol. The van der Waals surface area contributed by atoms with Crippen LogP contribution in [0.4, 0.5) is 0 Å². The molecule has 6 rings (SSSR count). The lowest BCUT2D eigenvalue weighted by atomic mass is 9.48. The SMILES string of the molecule is C[C@]12CC[C@H](O)CC1=CC[C@@H]1[C@@H]2CC[C@]2(C)C(n3cnc4ccc(C#N)cc43)=CC[C@@H]12. The van der Waals surface area contributed by atoms with Crippen LogP contribution in [0.5, 0.6) is 0 Å². The maximum atomic E-state index is 10.2. The van der Waals surface area contributed by atoms with Crippen molar-refractivity contribution >= 4 is 16.7 Å². The van der Waals surface area contributed by atoms with Gasteiger partial charge in [0.1, 0.15) is 6.33 Å². The van der Waals surface area contributed by atoms with Crippen LogP contribution in [0, 0.1) is 39.9 Å². The summed E-state index contributed by atoms with van der Waals surface area (Å²) in [6, 6.07) is 8.07. The van der Waals surface area contributed by atoms with E-state index in [1.165, 1.54) is 24.1 Å². The summed E-state index contributed by atoms with van der Waals surface area (Å²) >= 11 is 0. The molecule has 2 saturated carbocycles. The number of imidazole rings is 1. The van der Waals surface area contributed by atoms with E-state index in [0.717, 1.165) is 49.1 Å². The number of nitrogens with zero attached hydrogens (tertiary/aromatic N) is 3. The molecule has 0 radical (unpaired) electrons. The van der Waals surface area contributed by atoms with Gasteiger partial charge in [0, 0.05) is 11.1 Å². The number of aromatic nitrogens is 2. The van der Waals surface area contributed by atoms with Gasteiger partial charge in [0.2, 0.25) is 0 Å². The summed E-state index contributed by atoms with van der Waals surface area (Å²) in [6.45, 7) is 4.96. The Morgan fingerprint density at radius 3 is 2.77 bits per heavy atom. The minimum atomic E-state index is -0.141. The maximum Gasteiger partial charge on any atom is 0.100 e. The molecule has 160 valence electrons. The highest BCUT2D eigenvalue weighted by atomic mass is 16.3. The highest BCUT2D eigenvalue weighted by molar-refractivity contribution is 5.81. The van der Waals surface area contributed by atoms with Gasteiger partial charge in [-0.05, 0) is 86.3 Å². The predicted octanol–water partition coefficient (Wildman–Crippen LogP) is 5.68. The lowest BCUT2D eigenvalue weighted by molar-refractivity contribution is -0.0249. The molecule has 1 heterocycles. The van der Waals surface area contributed by atoms with Gasteiger partial charge in [-0.3, -0.25) is 0 Å². The fraction of sp³-hybridized carbons (Fsp3) is 0.556. The van der Waals surface area contributed by atoms with Crippen LogP contribution in [0.2, 0.25) is 0 Å². The van der Waals surface area contributed by atoms with Crippen LogP contribution in [-0.4, -0.2) is 20.8 Å². The lowest BCUT2D eigenvalue weighted by Crippen LogP contribution is -2.50. The number of hydrogen-bond acceptors (Lipinski definition) is 3. The second-order valence-electron chi connectivity index (χ2n) is 10.9. The Bertz CT molecular complexity index is 1170. The van der Waals surface area contributed by atoms with E-state index in [9.17, 15) is 10.4 Å². The van der Waals surface area contributed by atoms with Gasteiger partial charge >= 0.3 is 0 Å². The van der Waals surface area contributed by atoms with Gasteiger partial charge in [0.15, 0.2) is 0 Å². The Hall–Kier alpha value is -2.38. The van der Waals surface area contributed by atoms with Crippen LogP contribution in [0.3, 0.4) is 0 Å². The van der Waals surface area contributed by atoms with Crippen LogP contribution in [0.1, 0.15) is 64.4 Å². The van der Waals surface area contributed by atoms with E-state index in [-0.39, 0.29) is 16.9 Å². The standard InChI is InChI=1S/C27H31N3O/c1-26-11-9-19(31)14-18(26)4-5-20-21-6-8-25(27(21,2)12-10-22(20)26)30-16-29-23-7-3-17(15-28)13-24(23)30/h3-4,7-8,13,16,19-22,31H,5-6,9-12,14H2,1-2H3/t19-,20-,21-,22-,26-,27-/m0/s1. The van der Waals surface area contributed by atoms with Crippen molar-refractivity contribution in [1.29, 1.82) is 5.26 Å². The molecule has 0 saturated heterocycles. The minimum Gasteiger partial charge on any atom is -0.393 e. The summed E-state index contributed by atoms with van der Waals surface area (Å²) in [6.07, 6.45) is 14.5. The first-order valence-corrected chi connectivity index (χ1v) is 11.9. The number of rotatable bonds is 1. The summed E-state index contributed by atoms with van der Waals surface area (Å²) in [4.78, 5) is 4.64. The van der Waals surface area contributed by atoms with Crippen molar-refractivity contribution in [3.8, 4) is 6.07 Å². The van der Waals surface area contributed by atoms with Crippen LogP contribution in [0.25, 0.3) is 16.7 Å². The average Bonchev–Trinajstić information content (AvgIpc) is 3.33. The number of allylic oxidation sites excluding steroid dienone is 3. The molecular weight excluding hydrogens is 382 g/mol. The van der Waals surface area contributed by atoms with Gasteiger partial charge in [-0.1, -0.05) is 31.6 Å². The van der Waals surface area contributed by atoms with E-state index in [2.05, 4.69) is 41.6 Å². The highest BCUT2D eigenvalue weighted by Crippen LogP contribution is 2.65. The second kappa shape index (κ2) is 6.56. The summed E-state index contributed by atoms with van der Waals surface area (Å²) < 4.78 is 2.26. The molecule has 4 aliphatic rings. The smallest absolute Gasteiger partial charge is 0.100 e. The van der Waals surface area contributed by atoms with E-state index >= 15 is 0 Å². The molecule has 0 amide bonds. The van der Waals surface area contributed by atoms with E-state index in [1.807, 2.05) is 24.5 Å². The first kappa shape index (κ1) is 19.3. The molecule has 2 fully saturated rings. The van der Waals surface area contributed by atoms with Crippen molar-refractivity contribution in [3.63, 3.8) is 0 Å². The second-order valence-corrected chi connectivity index (χ2v) is 10.9. The fourth-order valence-electron chi connectivity index (χ4n) is 7.83. The largest absolute Gasteiger partial charge is 0.393 e. The van der Waals surface area contributed by atoms with Gasteiger partial charge in [-0.15, -0.1) is 0 Å². The molecule has 1 N–H and O–H groups in total. The third kappa shape index (κ3) is 2.59. The first-order chi connectivity index (χ1) is 14.9. The van der Waals surface area contributed by atoms with E-state index in [4.69, 9.17) is 0 Å². The number of fused-ring (bicyclic) bond motifs is 6. The van der Waals surface area contributed by atoms with Crippen molar-refractivity contribution in [2.24, 2.45) is 28.6 Å². The van der Waals surface area contributed by atoms with E-state index < -0.39 is 0 Å². The summed E-state index contributed by atoms with van der Waals surface area (Å²) in [7, 11) is 0. The zero-order valence-electron chi connectivity index (χ0n) is 18.5. The van der Waals surface area contributed by atoms with Crippen LogP contribution in [0.15, 0.2) is 42.3 Å². The first-order valence-electron chi connectivity index (χ1n) is 11.9. The molecule has 1 aromatic carbocycles. The Morgan fingerprint density at radius 2 is 1.94 bits per heavy atom. The number of aliphatic hydroxyl groups is 1. The van der Waals surface area contributed by atoms with Crippen LogP contribution < -0.4 is 0 Å². The van der Waals surface area contributed by atoms with E-state index in [1.54, 1.807) is 0 Å². The maximum absolute atomic E-state index is 10.2. The molecule has 2 aromatic rings. The lowest BCUT2D eigenvalue weighted by Gasteiger charge is -2.57. The average molecular weight is 414 g/mol. The number of aliphatic hydroxyl groups excluding tert-OH is 1. The quantitative estimate of drug-likeness (QED) is 0.612. The van der Waals surface area contributed by atoms with E-state index in [0.29, 0.717) is 17.4 Å². The van der Waals surface area contributed by atoms with Crippen molar-refractivity contribution < 1.29 is 5.11 Å². The third-order valence-electron chi connectivity index (χ3n) is 9.55. The molecule has 4 heteroatoms. The Morgan fingerprint density at radius 1 is 1.10 bits per heavy atom. The molecule has 1 aromatic heterocycles. The summed E-state index contributed by atoms with van der Waals surface area (Å²) in [5.41, 5.74) is 6.03. The normalized spacial score (nSPS) is 39.2. The topological polar surface area (TPSA) is 61.8 Å². The van der Waals surface area contributed by atoms with Crippen LogP contribution in [-0.2, 0) is 0 Å². The summed E-state index contributed by atoms with van der Waals surface area (Å²) in [5.74, 6) is 2.09. The Balaban J connectivity index is 1.37. The molecule has 0 spiro atoms. The zero-order chi connectivity index (χ0) is 21.4. The molecular formula is C27H31N3O. The number of nitriles is 1. The molecule has 0 unspecified atom stereocenters. The molecule has 0 bridgehead atoms. The third-order valence-corrected chi connectivity index (χ3v) is 9.55. The van der Waals surface area contributed by atoms with Crippen LogP contribution >= 0.6 is 0 Å².